The molecule has 7 heteroatoms. The lowest BCUT2D eigenvalue weighted by Gasteiger charge is -2.26. The largest absolute Gasteiger partial charge is 0.508 e. The molecule has 2 aromatic carbocycles. The molecule has 0 radical (unpaired) electrons. The summed E-state index contributed by atoms with van der Waals surface area (Å²) in [4.78, 5) is 27.2. The van der Waals surface area contributed by atoms with Crippen molar-refractivity contribution in [2.75, 3.05) is 7.05 Å². The number of phenolic OH excluding ortho intramolecular Hbond substituents is 1. The maximum atomic E-state index is 13.2. The highest BCUT2D eigenvalue weighted by Gasteiger charge is 2.49. The lowest BCUT2D eigenvalue weighted by atomic mass is 9.82. The molecule has 1 unspecified atom stereocenters. The Morgan fingerprint density at radius 2 is 1.67 bits per heavy atom. The second-order valence-electron chi connectivity index (χ2n) is 6.30. The molecule has 0 fully saturated rings. The summed E-state index contributed by atoms with van der Waals surface area (Å²) in [6.07, 6.45) is 4.86. The van der Waals surface area contributed by atoms with Gasteiger partial charge in [-0.15, -0.1) is 0 Å². The molecule has 3 N–H and O–H groups in total. The van der Waals surface area contributed by atoms with E-state index in [1.165, 1.54) is 17.3 Å². The Hall–Kier alpha value is -3.74. The summed E-state index contributed by atoms with van der Waals surface area (Å²) < 4.78 is 0. The lowest BCUT2D eigenvalue weighted by Crippen LogP contribution is -2.41. The molecule has 1 atom stereocenters. The van der Waals surface area contributed by atoms with Crippen molar-refractivity contribution in [2.45, 2.75) is 5.54 Å². The third kappa shape index (κ3) is 2.60. The predicted octanol–water partition coefficient (Wildman–Crippen LogP) is 1.88. The SMILES string of the molecule is CN1C(=O)C(c2cccc(O)c2)(c2cccc(-c3cncnc3)c2)N=C1N. The first-order chi connectivity index (χ1) is 13.0. The van der Waals surface area contributed by atoms with E-state index in [4.69, 9.17) is 5.73 Å². The second-order valence-corrected chi connectivity index (χ2v) is 6.30. The first-order valence-corrected chi connectivity index (χ1v) is 8.31. The van der Waals surface area contributed by atoms with Gasteiger partial charge in [-0.25, -0.2) is 15.0 Å². The average Bonchev–Trinajstić information content (AvgIpc) is 2.94. The Kier molecular flexibility index (Phi) is 3.84. The highest BCUT2D eigenvalue weighted by Crippen LogP contribution is 2.41. The number of aromatic hydroxyl groups is 1. The Morgan fingerprint density at radius 1 is 1.00 bits per heavy atom. The normalized spacial score (nSPS) is 19.2. The van der Waals surface area contributed by atoms with E-state index < -0.39 is 5.54 Å². The number of aliphatic imine (C=N–C) groups is 1. The van der Waals surface area contributed by atoms with Crippen LogP contribution in [0.15, 0.2) is 72.2 Å². The fourth-order valence-electron chi connectivity index (χ4n) is 3.29. The van der Waals surface area contributed by atoms with Gasteiger partial charge in [-0.2, -0.15) is 0 Å². The van der Waals surface area contributed by atoms with Crippen molar-refractivity contribution in [3.8, 4) is 16.9 Å². The van der Waals surface area contributed by atoms with E-state index in [0.29, 0.717) is 11.1 Å². The molecular formula is C20H17N5O2. The van der Waals surface area contributed by atoms with Crippen LogP contribution < -0.4 is 5.73 Å². The van der Waals surface area contributed by atoms with Gasteiger partial charge >= 0.3 is 0 Å². The zero-order valence-corrected chi connectivity index (χ0v) is 14.6. The monoisotopic (exact) mass is 359 g/mol. The maximum absolute atomic E-state index is 13.2. The van der Waals surface area contributed by atoms with Crippen molar-refractivity contribution >= 4 is 11.9 Å². The van der Waals surface area contributed by atoms with Crippen molar-refractivity contribution < 1.29 is 9.90 Å². The summed E-state index contributed by atoms with van der Waals surface area (Å²) in [7, 11) is 1.58. The molecule has 0 saturated carbocycles. The zero-order valence-electron chi connectivity index (χ0n) is 14.6. The number of rotatable bonds is 3. The Bertz CT molecular complexity index is 1050. The van der Waals surface area contributed by atoms with Crippen LogP contribution in [0.2, 0.25) is 0 Å². The second kappa shape index (κ2) is 6.21. The molecule has 1 amide bonds. The summed E-state index contributed by atoms with van der Waals surface area (Å²) >= 11 is 0. The number of benzene rings is 2. The number of guanidine groups is 1. The number of nitrogens with two attached hydrogens (primary N) is 1. The van der Waals surface area contributed by atoms with Crippen molar-refractivity contribution in [3.63, 3.8) is 0 Å². The molecule has 0 bridgehead atoms. The van der Waals surface area contributed by atoms with Crippen LogP contribution in [-0.2, 0) is 10.3 Å². The molecule has 4 rings (SSSR count). The van der Waals surface area contributed by atoms with Gasteiger partial charge < -0.3 is 10.8 Å². The van der Waals surface area contributed by atoms with E-state index in [2.05, 4.69) is 15.0 Å². The average molecular weight is 359 g/mol. The van der Waals surface area contributed by atoms with Gasteiger partial charge in [0.2, 0.25) is 0 Å². The first kappa shape index (κ1) is 16.7. The molecule has 0 aliphatic carbocycles. The summed E-state index contributed by atoms with van der Waals surface area (Å²) in [5, 5.41) is 9.96. The van der Waals surface area contributed by atoms with Crippen LogP contribution in [0.3, 0.4) is 0 Å². The van der Waals surface area contributed by atoms with Gasteiger partial charge in [0.05, 0.1) is 0 Å². The number of carbonyl (C=O) groups excluding carboxylic acids is 1. The fraction of sp³-hybridized carbons (Fsp3) is 0.100. The summed E-state index contributed by atoms with van der Waals surface area (Å²) in [6, 6.07) is 14.0. The van der Waals surface area contributed by atoms with Gasteiger partial charge in [-0.05, 0) is 34.9 Å². The van der Waals surface area contributed by atoms with Crippen LogP contribution in [0.25, 0.3) is 11.1 Å². The van der Waals surface area contributed by atoms with Gasteiger partial charge in [-0.3, -0.25) is 9.69 Å². The Balaban J connectivity index is 1.95. The maximum Gasteiger partial charge on any atom is 0.266 e. The van der Waals surface area contributed by atoms with Crippen LogP contribution >= 0.6 is 0 Å². The van der Waals surface area contributed by atoms with E-state index >= 15 is 0 Å². The number of hydrogen-bond donors (Lipinski definition) is 2. The van der Waals surface area contributed by atoms with E-state index in [1.54, 1.807) is 37.6 Å². The van der Waals surface area contributed by atoms with Crippen molar-refractivity contribution in [1.29, 1.82) is 0 Å². The number of hydrogen-bond acceptors (Lipinski definition) is 6. The number of aromatic nitrogens is 2. The molecule has 7 nitrogen and oxygen atoms in total. The molecule has 2 heterocycles. The lowest BCUT2D eigenvalue weighted by molar-refractivity contribution is -0.129. The molecule has 1 aliphatic heterocycles. The highest BCUT2D eigenvalue weighted by atomic mass is 16.3. The highest BCUT2D eigenvalue weighted by molar-refractivity contribution is 6.09. The Morgan fingerprint density at radius 3 is 2.30 bits per heavy atom. The van der Waals surface area contributed by atoms with Crippen LogP contribution in [0, 0.1) is 0 Å². The minimum Gasteiger partial charge on any atom is -0.508 e. The van der Waals surface area contributed by atoms with E-state index in [9.17, 15) is 9.90 Å². The van der Waals surface area contributed by atoms with Crippen molar-refractivity contribution in [3.05, 3.63) is 78.4 Å². The van der Waals surface area contributed by atoms with Crippen LogP contribution in [0.1, 0.15) is 11.1 Å². The smallest absolute Gasteiger partial charge is 0.266 e. The van der Waals surface area contributed by atoms with E-state index in [-0.39, 0.29) is 17.6 Å². The molecule has 1 aliphatic rings. The molecule has 27 heavy (non-hydrogen) atoms. The third-order valence-electron chi connectivity index (χ3n) is 4.68. The topological polar surface area (TPSA) is 105 Å². The number of carbonyl (C=O) groups is 1. The molecule has 134 valence electrons. The van der Waals surface area contributed by atoms with Gasteiger partial charge in [0.1, 0.15) is 12.1 Å². The molecule has 0 spiro atoms. The summed E-state index contributed by atoms with van der Waals surface area (Å²) in [5.74, 6) is -0.112. The minimum atomic E-state index is -1.36. The van der Waals surface area contributed by atoms with Crippen LogP contribution in [0.5, 0.6) is 5.75 Å². The summed E-state index contributed by atoms with van der Waals surface area (Å²) in [6.45, 7) is 0. The molecule has 3 aromatic rings. The third-order valence-corrected chi connectivity index (χ3v) is 4.68. The van der Waals surface area contributed by atoms with E-state index in [1.807, 2.05) is 24.3 Å². The van der Waals surface area contributed by atoms with Gasteiger partial charge in [0.25, 0.3) is 5.91 Å². The number of phenols is 1. The van der Waals surface area contributed by atoms with E-state index in [0.717, 1.165) is 11.1 Å². The zero-order chi connectivity index (χ0) is 19.0. The van der Waals surface area contributed by atoms with Crippen molar-refractivity contribution in [2.24, 2.45) is 10.7 Å². The Labute approximate surface area is 155 Å². The van der Waals surface area contributed by atoms with Crippen LogP contribution in [0.4, 0.5) is 0 Å². The molecule has 0 saturated heterocycles. The standard InChI is InChI=1S/C20H17N5O2/c1-25-18(27)20(24-19(25)21,16-6-3-7-17(26)9-16)15-5-2-4-13(8-15)14-10-22-12-23-11-14/h2-12,26H,1H3,(H2,21,24). The molecule has 1 aromatic heterocycles. The predicted molar refractivity (Wildman–Crippen MR) is 101 cm³/mol. The van der Waals surface area contributed by atoms with Crippen molar-refractivity contribution in [1.82, 2.24) is 14.9 Å². The quantitative estimate of drug-likeness (QED) is 0.743. The number of likely N-dealkylation sites (N-methyl/N-ethyl adjacent to an activating group) is 1. The molecular weight excluding hydrogens is 342 g/mol. The van der Waals surface area contributed by atoms with Gasteiger partial charge in [0, 0.05) is 25.0 Å². The van der Waals surface area contributed by atoms with Gasteiger partial charge in [0.15, 0.2) is 11.5 Å². The first-order valence-electron chi connectivity index (χ1n) is 8.31. The number of amides is 1. The summed E-state index contributed by atoms with van der Waals surface area (Å²) in [5.41, 5.74) is 7.48. The van der Waals surface area contributed by atoms with Gasteiger partial charge in [-0.1, -0.05) is 30.3 Å². The number of nitrogens with zero attached hydrogens (tertiary/aromatic N) is 4. The minimum absolute atomic E-state index is 0.0515. The fourth-order valence-corrected chi connectivity index (χ4v) is 3.29. The van der Waals surface area contributed by atoms with Crippen LogP contribution in [-0.4, -0.2) is 38.9 Å².